The molecule has 8 heteroatoms. The largest absolute Gasteiger partial charge is 0.334 e. The molecule has 1 unspecified atom stereocenters. The van der Waals surface area contributed by atoms with Crippen LogP contribution in [-0.2, 0) is 21.2 Å². The first-order valence-electron chi connectivity index (χ1n) is 12.4. The molecular formula is C29H32BrClN2O3S. The molecule has 1 heterocycles. The van der Waals surface area contributed by atoms with Gasteiger partial charge in [0.1, 0.15) is 0 Å². The maximum absolute atomic E-state index is 14.0. The van der Waals surface area contributed by atoms with Gasteiger partial charge in [0.05, 0.1) is 17.5 Å². The van der Waals surface area contributed by atoms with Crippen LogP contribution in [0.25, 0.3) is 0 Å². The lowest BCUT2D eigenvalue weighted by atomic mass is 10.0. The van der Waals surface area contributed by atoms with Gasteiger partial charge in [-0.25, -0.2) is 8.42 Å². The number of nitrogens with zero attached hydrogens (tertiary/aromatic N) is 2. The van der Waals surface area contributed by atoms with Crippen molar-refractivity contribution in [2.45, 2.75) is 51.0 Å². The monoisotopic (exact) mass is 602 g/mol. The van der Waals surface area contributed by atoms with E-state index in [2.05, 4.69) is 15.9 Å². The molecule has 37 heavy (non-hydrogen) atoms. The second-order valence-corrected chi connectivity index (χ2v) is 12.9. The first-order valence-corrected chi connectivity index (χ1v) is 15.1. The van der Waals surface area contributed by atoms with Crippen LogP contribution in [0, 0.1) is 20.8 Å². The van der Waals surface area contributed by atoms with Crippen LogP contribution in [0.4, 0.5) is 0 Å². The molecule has 0 saturated carbocycles. The van der Waals surface area contributed by atoms with E-state index in [0.29, 0.717) is 29.1 Å². The van der Waals surface area contributed by atoms with Gasteiger partial charge in [-0.3, -0.25) is 4.79 Å². The summed E-state index contributed by atoms with van der Waals surface area (Å²) in [5.41, 5.74) is 4.30. The number of hydrogen-bond donors (Lipinski definition) is 0. The summed E-state index contributed by atoms with van der Waals surface area (Å²) in [6.07, 6.45) is 2.15. The molecule has 1 saturated heterocycles. The topological polar surface area (TPSA) is 57.7 Å². The summed E-state index contributed by atoms with van der Waals surface area (Å²) in [6.45, 7) is 6.15. The zero-order valence-corrected chi connectivity index (χ0v) is 24.5. The van der Waals surface area contributed by atoms with E-state index in [9.17, 15) is 13.2 Å². The molecular weight excluding hydrogens is 572 g/mol. The van der Waals surface area contributed by atoms with Gasteiger partial charge in [-0.15, -0.1) is 0 Å². The van der Waals surface area contributed by atoms with Gasteiger partial charge < -0.3 is 4.90 Å². The molecule has 1 aliphatic rings. The van der Waals surface area contributed by atoms with Gasteiger partial charge in [-0.05, 0) is 74.4 Å². The number of sulfonamides is 1. The quantitative estimate of drug-likeness (QED) is 0.291. The van der Waals surface area contributed by atoms with Crippen molar-refractivity contribution in [3.05, 3.63) is 98.0 Å². The maximum atomic E-state index is 14.0. The Bertz CT molecular complexity index is 1370. The fourth-order valence-electron chi connectivity index (χ4n) is 5.29. The third-order valence-electron chi connectivity index (χ3n) is 6.90. The number of carbonyl (C=O) groups is 1. The van der Waals surface area contributed by atoms with Crippen molar-refractivity contribution >= 4 is 43.5 Å². The van der Waals surface area contributed by atoms with E-state index in [1.807, 2.05) is 81.4 Å². The standard InChI is InChI=1S/C29H32BrClN2O3S/c1-20-16-21(2)29(22(3)17-20)37(35,36)32(15-13-23-8-5-4-6-9-23)19-28(34)33-14-7-10-27(33)25-12-11-24(30)18-26(25)31/h4-6,8-9,11-12,16-18,27H,7,10,13-15,19H2,1-3H3. The van der Waals surface area contributed by atoms with E-state index in [-0.39, 0.29) is 29.9 Å². The highest BCUT2D eigenvalue weighted by Gasteiger charge is 2.35. The molecule has 0 spiro atoms. The Hall–Kier alpha value is -2.19. The Morgan fingerprint density at radius 2 is 1.73 bits per heavy atom. The average Bonchev–Trinajstić information content (AvgIpc) is 3.31. The molecule has 5 nitrogen and oxygen atoms in total. The van der Waals surface area contributed by atoms with Crippen LogP contribution < -0.4 is 0 Å². The Balaban J connectivity index is 1.65. The van der Waals surface area contributed by atoms with Gasteiger partial charge in [0, 0.05) is 22.6 Å². The summed E-state index contributed by atoms with van der Waals surface area (Å²) in [4.78, 5) is 15.8. The van der Waals surface area contributed by atoms with E-state index in [1.165, 1.54) is 4.31 Å². The molecule has 1 amide bonds. The Morgan fingerprint density at radius 1 is 1.05 bits per heavy atom. The van der Waals surface area contributed by atoms with Gasteiger partial charge >= 0.3 is 0 Å². The van der Waals surface area contributed by atoms with Crippen LogP contribution in [0.1, 0.15) is 46.7 Å². The number of rotatable bonds is 8. The Kier molecular flexibility index (Phi) is 8.79. The van der Waals surface area contributed by atoms with Crippen LogP contribution in [0.3, 0.4) is 0 Å². The van der Waals surface area contributed by atoms with Crippen LogP contribution >= 0.6 is 27.5 Å². The highest BCUT2D eigenvalue weighted by atomic mass is 79.9. The number of halogens is 2. The second kappa shape index (κ2) is 11.7. The van der Waals surface area contributed by atoms with Crippen molar-refractivity contribution < 1.29 is 13.2 Å². The van der Waals surface area contributed by atoms with Crippen molar-refractivity contribution in [3.63, 3.8) is 0 Å². The maximum Gasteiger partial charge on any atom is 0.244 e. The molecule has 0 radical (unpaired) electrons. The SMILES string of the molecule is Cc1cc(C)c(S(=O)(=O)N(CCc2ccccc2)CC(=O)N2CCCC2c2ccc(Br)cc2Cl)c(C)c1. The summed E-state index contributed by atoms with van der Waals surface area (Å²) in [7, 11) is -3.92. The lowest BCUT2D eigenvalue weighted by Gasteiger charge is -2.30. The first-order chi connectivity index (χ1) is 17.6. The van der Waals surface area contributed by atoms with Gasteiger partial charge in [0.25, 0.3) is 0 Å². The minimum atomic E-state index is -3.92. The Morgan fingerprint density at radius 3 is 2.38 bits per heavy atom. The number of amides is 1. The number of hydrogen-bond acceptors (Lipinski definition) is 3. The third kappa shape index (κ3) is 6.28. The van der Waals surface area contributed by atoms with Crippen molar-refractivity contribution in [2.24, 2.45) is 0 Å². The minimum Gasteiger partial charge on any atom is -0.334 e. The van der Waals surface area contributed by atoms with E-state index in [4.69, 9.17) is 11.6 Å². The van der Waals surface area contributed by atoms with Crippen LogP contribution in [0.15, 0.2) is 70.0 Å². The van der Waals surface area contributed by atoms with Crippen LogP contribution in [0.2, 0.25) is 5.02 Å². The summed E-state index contributed by atoms with van der Waals surface area (Å²) in [5, 5.41) is 0.596. The van der Waals surface area contributed by atoms with Gasteiger partial charge in [-0.1, -0.05) is 81.6 Å². The van der Waals surface area contributed by atoms with E-state index in [0.717, 1.165) is 34.0 Å². The van der Waals surface area contributed by atoms with E-state index in [1.54, 1.807) is 4.90 Å². The Labute approximate surface area is 233 Å². The van der Waals surface area contributed by atoms with Crippen molar-refractivity contribution in [1.29, 1.82) is 0 Å². The third-order valence-corrected chi connectivity index (χ3v) is 9.87. The first kappa shape index (κ1) is 27.8. The second-order valence-electron chi connectivity index (χ2n) is 9.71. The lowest BCUT2D eigenvalue weighted by Crippen LogP contribution is -2.43. The fourth-order valence-corrected chi connectivity index (χ4v) is 7.89. The zero-order chi connectivity index (χ0) is 26.7. The van der Waals surface area contributed by atoms with E-state index >= 15 is 0 Å². The summed E-state index contributed by atoms with van der Waals surface area (Å²) >= 11 is 9.97. The molecule has 1 atom stereocenters. The molecule has 0 aromatic heterocycles. The summed E-state index contributed by atoms with van der Waals surface area (Å²) < 4.78 is 30.3. The minimum absolute atomic E-state index is 0.172. The van der Waals surface area contributed by atoms with Gasteiger partial charge in [-0.2, -0.15) is 4.31 Å². The molecule has 1 fully saturated rings. The zero-order valence-electron chi connectivity index (χ0n) is 21.4. The predicted octanol–water partition coefficient (Wildman–Crippen LogP) is 6.62. The van der Waals surface area contributed by atoms with Crippen molar-refractivity contribution in [3.8, 4) is 0 Å². The molecule has 0 aliphatic carbocycles. The number of benzene rings is 3. The van der Waals surface area contributed by atoms with Gasteiger partial charge in [0.15, 0.2) is 0 Å². The molecule has 4 rings (SSSR count). The van der Waals surface area contributed by atoms with Crippen molar-refractivity contribution in [1.82, 2.24) is 9.21 Å². The van der Waals surface area contributed by atoms with Gasteiger partial charge in [0.2, 0.25) is 15.9 Å². The molecule has 196 valence electrons. The number of carbonyl (C=O) groups excluding carboxylic acids is 1. The highest BCUT2D eigenvalue weighted by Crippen LogP contribution is 2.37. The number of aryl methyl sites for hydroxylation is 3. The van der Waals surface area contributed by atoms with Crippen LogP contribution in [-0.4, -0.2) is 43.2 Å². The molecule has 0 N–H and O–H groups in total. The van der Waals surface area contributed by atoms with Crippen molar-refractivity contribution in [2.75, 3.05) is 19.6 Å². The fraction of sp³-hybridized carbons (Fsp3) is 0.345. The molecule has 0 bridgehead atoms. The molecule has 3 aromatic rings. The smallest absolute Gasteiger partial charge is 0.244 e. The van der Waals surface area contributed by atoms with Crippen LogP contribution in [0.5, 0.6) is 0 Å². The normalized spacial score (nSPS) is 15.9. The summed E-state index contributed by atoms with van der Waals surface area (Å²) in [5.74, 6) is -0.208. The number of likely N-dealkylation sites (tertiary alicyclic amines) is 1. The predicted molar refractivity (Wildman–Crippen MR) is 152 cm³/mol. The average molecular weight is 604 g/mol. The molecule has 1 aliphatic heterocycles. The summed E-state index contributed by atoms with van der Waals surface area (Å²) in [6, 6.07) is 19.0. The highest BCUT2D eigenvalue weighted by molar-refractivity contribution is 9.10. The lowest BCUT2D eigenvalue weighted by molar-refractivity contribution is -0.132. The molecule has 3 aromatic carbocycles. The van der Waals surface area contributed by atoms with E-state index < -0.39 is 10.0 Å².